The Hall–Kier alpha value is -1.43. The average molecular weight is 454 g/mol. The lowest BCUT2D eigenvalue weighted by Gasteiger charge is -2.37. The van der Waals surface area contributed by atoms with Crippen LogP contribution in [0, 0.1) is 0 Å². The summed E-state index contributed by atoms with van der Waals surface area (Å²) < 4.78 is 0.415. The highest BCUT2D eigenvalue weighted by molar-refractivity contribution is 5.99. The summed E-state index contributed by atoms with van der Waals surface area (Å²) in [5, 5.41) is 3.13. The van der Waals surface area contributed by atoms with E-state index < -0.39 is 6.04 Å². The minimum Gasteiger partial charge on any atom is -1.00 e. The van der Waals surface area contributed by atoms with Crippen LogP contribution < -0.4 is 23.5 Å². The van der Waals surface area contributed by atoms with Crippen molar-refractivity contribution >= 4 is 11.7 Å². The molecule has 6 heteroatoms. The first-order chi connectivity index (χ1) is 14.3. The molecule has 0 heterocycles. The third-order valence-electron chi connectivity index (χ3n) is 5.97. The van der Waals surface area contributed by atoms with Crippen molar-refractivity contribution < 1.29 is 26.5 Å². The van der Waals surface area contributed by atoms with Gasteiger partial charge in [-0.25, -0.2) is 0 Å². The Morgan fingerprint density at radius 1 is 0.968 bits per heavy atom. The van der Waals surface area contributed by atoms with E-state index in [2.05, 4.69) is 12.2 Å². The van der Waals surface area contributed by atoms with Gasteiger partial charge in [-0.2, -0.15) is 0 Å². The summed E-state index contributed by atoms with van der Waals surface area (Å²) in [6.45, 7) is 3.75. The van der Waals surface area contributed by atoms with E-state index in [-0.39, 0.29) is 24.1 Å². The maximum absolute atomic E-state index is 13.0. The number of amides is 1. The SMILES string of the molecule is CCCCCCCCCCCC(=O)c1ccccc1C(C(N)=O)[N+](C)(C)CCNC.[Cl-]. The standard InChI is InChI=1S/C25H43N3O2.ClH/c1-5-6-7-8-9-10-11-12-13-18-23(29)21-16-14-15-17-22(21)24(25(26)30)28(3,4)20-19-27-2;/h14-17,24,27H,5-13,18-20H2,1-4H3,(H-,26,30);1H. The van der Waals surface area contributed by atoms with Gasteiger partial charge in [-0.15, -0.1) is 0 Å². The average Bonchev–Trinajstić information content (AvgIpc) is 2.71. The fraction of sp³-hybridized carbons (Fsp3) is 0.680. The lowest BCUT2D eigenvalue weighted by molar-refractivity contribution is -0.910. The fourth-order valence-electron chi connectivity index (χ4n) is 4.12. The zero-order valence-electron chi connectivity index (χ0n) is 20.1. The Bertz CT molecular complexity index is 649. The Morgan fingerprint density at radius 3 is 2.06 bits per heavy atom. The number of carbonyl (C=O) groups excluding carboxylic acids is 2. The van der Waals surface area contributed by atoms with E-state index in [4.69, 9.17) is 5.73 Å². The lowest BCUT2D eigenvalue weighted by atomic mass is 9.92. The Labute approximate surface area is 196 Å². The summed E-state index contributed by atoms with van der Waals surface area (Å²) in [6, 6.07) is 6.95. The number of nitrogens with zero attached hydrogens (tertiary/aromatic N) is 1. The summed E-state index contributed by atoms with van der Waals surface area (Å²) in [6.07, 6.45) is 11.6. The molecule has 0 spiro atoms. The molecule has 0 saturated heterocycles. The number of halogens is 1. The van der Waals surface area contributed by atoms with E-state index in [9.17, 15) is 9.59 Å². The molecular formula is C25H44ClN3O2. The number of primary amides is 1. The second-order valence-corrected chi connectivity index (χ2v) is 9.00. The zero-order chi connectivity index (χ0) is 22.4. The van der Waals surface area contributed by atoms with Crippen LogP contribution in [0.5, 0.6) is 0 Å². The summed E-state index contributed by atoms with van der Waals surface area (Å²) in [5.41, 5.74) is 7.21. The molecule has 0 saturated carbocycles. The molecule has 0 bridgehead atoms. The third-order valence-corrected chi connectivity index (χ3v) is 5.97. The van der Waals surface area contributed by atoms with Crippen LogP contribution in [-0.2, 0) is 4.79 Å². The number of unbranched alkanes of at least 4 members (excludes halogenated alkanes) is 8. The minimum absolute atomic E-state index is 0. The highest BCUT2D eigenvalue weighted by Gasteiger charge is 2.36. The van der Waals surface area contributed by atoms with Crippen LogP contribution in [0.3, 0.4) is 0 Å². The first-order valence-corrected chi connectivity index (χ1v) is 11.7. The van der Waals surface area contributed by atoms with E-state index in [1.807, 2.05) is 45.4 Å². The van der Waals surface area contributed by atoms with Crippen LogP contribution in [-0.4, -0.2) is 50.4 Å². The summed E-state index contributed by atoms with van der Waals surface area (Å²) >= 11 is 0. The first-order valence-electron chi connectivity index (χ1n) is 11.7. The third kappa shape index (κ3) is 10.6. The van der Waals surface area contributed by atoms with E-state index in [1.54, 1.807) is 0 Å². The van der Waals surface area contributed by atoms with Crippen molar-refractivity contribution in [3.05, 3.63) is 35.4 Å². The summed E-state index contributed by atoms with van der Waals surface area (Å²) in [7, 11) is 5.88. The van der Waals surface area contributed by atoms with Gasteiger partial charge in [-0.1, -0.05) is 82.6 Å². The Balaban J connectivity index is 0.00000900. The van der Waals surface area contributed by atoms with E-state index in [0.29, 0.717) is 16.5 Å². The second kappa shape index (κ2) is 16.2. The van der Waals surface area contributed by atoms with Gasteiger partial charge in [0.25, 0.3) is 5.91 Å². The predicted octanol–water partition coefficient (Wildman–Crippen LogP) is 1.62. The molecule has 1 amide bonds. The molecule has 0 aliphatic carbocycles. The normalized spacial score (nSPS) is 12.3. The highest BCUT2D eigenvalue weighted by atomic mass is 35.5. The van der Waals surface area contributed by atoms with Crippen molar-refractivity contribution in [2.45, 2.75) is 77.2 Å². The molecule has 1 unspecified atom stereocenters. The van der Waals surface area contributed by atoms with Gasteiger partial charge < -0.3 is 27.9 Å². The number of carbonyl (C=O) groups is 2. The van der Waals surface area contributed by atoms with Gasteiger partial charge in [0.15, 0.2) is 11.8 Å². The number of Topliss-reactive ketones (excluding diaryl/α,β-unsaturated/α-hetero) is 1. The molecule has 0 aliphatic heterocycles. The number of quaternary nitrogens is 1. The number of likely N-dealkylation sites (N-methyl/N-ethyl adjacent to an activating group) is 2. The largest absolute Gasteiger partial charge is 1.00 e. The Kier molecular flexibility index (Phi) is 15.5. The molecule has 0 aromatic heterocycles. The number of nitrogens with two attached hydrogens (primary N) is 1. The van der Waals surface area contributed by atoms with Crippen LogP contribution in [0.4, 0.5) is 0 Å². The number of hydrogen-bond donors (Lipinski definition) is 2. The van der Waals surface area contributed by atoms with E-state index >= 15 is 0 Å². The van der Waals surface area contributed by atoms with Gasteiger partial charge >= 0.3 is 0 Å². The number of hydrogen-bond acceptors (Lipinski definition) is 3. The van der Waals surface area contributed by atoms with Gasteiger partial charge in [0.05, 0.1) is 20.6 Å². The second-order valence-electron chi connectivity index (χ2n) is 9.00. The van der Waals surface area contributed by atoms with Crippen molar-refractivity contribution in [1.29, 1.82) is 0 Å². The van der Waals surface area contributed by atoms with Crippen LogP contribution in [0.15, 0.2) is 24.3 Å². The van der Waals surface area contributed by atoms with Gasteiger partial charge in [0.2, 0.25) is 0 Å². The van der Waals surface area contributed by atoms with Crippen LogP contribution in [0.1, 0.15) is 93.1 Å². The Morgan fingerprint density at radius 2 is 1.52 bits per heavy atom. The minimum atomic E-state index is -0.540. The van der Waals surface area contributed by atoms with Crippen molar-refractivity contribution in [3.63, 3.8) is 0 Å². The molecule has 0 aliphatic rings. The number of rotatable bonds is 17. The quantitative estimate of drug-likeness (QED) is 0.214. The van der Waals surface area contributed by atoms with Gasteiger partial charge in [0.1, 0.15) is 0 Å². The zero-order valence-corrected chi connectivity index (χ0v) is 20.8. The molecule has 178 valence electrons. The van der Waals surface area contributed by atoms with Gasteiger partial charge in [0, 0.05) is 24.1 Å². The molecular weight excluding hydrogens is 410 g/mol. The number of benzene rings is 1. The molecule has 0 radical (unpaired) electrons. The van der Waals surface area contributed by atoms with Crippen molar-refractivity contribution in [2.24, 2.45) is 5.73 Å². The molecule has 1 rings (SSSR count). The van der Waals surface area contributed by atoms with Gasteiger partial charge in [-0.3, -0.25) is 9.59 Å². The van der Waals surface area contributed by atoms with Crippen LogP contribution >= 0.6 is 0 Å². The van der Waals surface area contributed by atoms with Crippen molar-refractivity contribution in [3.8, 4) is 0 Å². The topological polar surface area (TPSA) is 72.2 Å². The maximum atomic E-state index is 13.0. The molecule has 1 atom stereocenters. The molecule has 1 aromatic rings. The fourth-order valence-corrected chi connectivity index (χ4v) is 4.12. The molecule has 1 aromatic carbocycles. The summed E-state index contributed by atoms with van der Waals surface area (Å²) in [4.78, 5) is 25.4. The smallest absolute Gasteiger partial charge is 0.280 e. The molecule has 0 fully saturated rings. The van der Waals surface area contributed by atoms with Crippen LogP contribution in [0.25, 0.3) is 0 Å². The van der Waals surface area contributed by atoms with E-state index in [0.717, 1.165) is 31.5 Å². The van der Waals surface area contributed by atoms with E-state index in [1.165, 1.54) is 44.9 Å². The number of nitrogens with one attached hydrogen (secondary N) is 1. The number of ketones is 1. The van der Waals surface area contributed by atoms with Crippen LogP contribution in [0.2, 0.25) is 0 Å². The molecule has 31 heavy (non-hydrogen) atoms. The monoisotopic (exact) mass is 453 g/mol. The summed E-state index contributed by atoms with van der Waals surface area (Å²) in [5.74, 6) is -0.271. The molecule has 3 N–H and O–H groups in total. The lowest BCUT2D eigenvalue weighted by Crippen LogP contribution is -3.00. The van der Waals surface area contributed by atoms with Crippen molar-refractivity contribution in [2.75, 3.05) is 34.2 Å². The van der Waals surface area contributed by atoms with Gasteiger partial charge in [-0.05, 0) is 13.5 Å². The highest BCUT2D eigenvalue weighted by Crippen LogP contribution is 2.29. The predicted molar refractivity (Wildman–Crippen MR) is 125 cm³/mol. The van der Waals surface area contributed by atoms with Crippen molar-refractivity contribution in [1.82, 2.24) is 5.32 Å². The maximum Gasteiger partial charge on any atom is 0.280 e. The first kappa shape index (κ1) is 29.6. The molecule has 5 nitrogen and oxygen atoms in total.